The van der Waals surface area contributed by atoms with Gasteiger partial charge in [0.2, 0.25) is 0 Å². The maximum Gasteiger partial charge on any atom is 0.132 e. The molecule has 0 aliphatic carbocycles. The van der Waals surface area contributed by atoms with Gasteiger partial charge in [0.1, 0.15) is 11.6 Å². The van der Waals surface area contributed by atoms with E-state index in [4.69, 9.17) is 0 Å². The van der Waals surface area contributed by atoms with Crippen molar-refractivity contribution in [2.45, 2.75) is 54.0 Å². The van der Waals surface area contributed by atoms with Crippen LogP contribution in [0.1, 0.15) is 58.2 Å². The third-order valence-electron chi connectivity index (χ3n) is 4.21. The summed E-state index contributed by atoms with van der Waals surface area (Å²) >= 11 is 0. The molecule has 0 fully saturated rings. The molecule has 0 bridgehead atoms. The third kappa shape index (κ3) is 8.00. The van der Waals surface area contributed by atoms with Gasteiger partial charge in [-0.2, -0.15) is 0 Å². The third-order valence-corrected chi connectivity index (χ3v) is 4.21. The van der Waals surface area contributed by atoms with Crippen molar-refractivity contribution in [2.75, 3.05) is 20.6 Å². The molecule has 1 atom stereocenters. The van der Waals surface area contributed by atoms with Crippen molar-refractivity contribution in [3.05, 3.63) is 64.7 Å². The Hall–Kier alpha value is -2.07. The molecule has 27 heavy (non-hydrogen) atoms. The van der Waals surface area contributed by atoms with E-state index in [1.165, 1.54) is 6.07 Å². The first-order valence-electron chi connectivity index (χ1n) is 9.68. The Bertz CT molecular complexity index is 639. The Labute approximate surface area is 165 Å². The lowest BCUT2D eigenvalue weighted by Gasteiger charge is -2.29. The zero-order valence-corrected chi connectivity index (χ0v) is 18.2. The van der Waals surface area contributed by atoms with E-state index in [-0.39, 0.29) is 17.6 Å². The molecule has 4 heteroatoms. The number of aryl methyl sites for hydroxylation is 1. The SMILES string of the molecule is CC.CC/C=C\C=C(/C)C(c1c(O)cc(C)cc1F)N(C)C/C=C(\C)NC. The number of hydrogen-bond donors (Lipinski definition) is 2. The van der Waals surface area contributed by atoms with Gasteiger partial charge in [0.25, 0.3) is 0 Å². The zero-order valence-electron chi connectivity index (χ0n) is 18.2. The summed E-state index contributed by atoms with van der Waals surface area (Å²) in [4.78, 5) is 2.03. The lowest BCUT2D eigenvalue weighted by atomic mass is 9.95. The van der Waals surface area contributed by atoms with Crippen LogP contribution < -0.4 is 5.32 Å². The molecule has 1 unspecified atom stereocenters. The summed E-state index contributed by atoms with van der Waals surface area (Å²) in [6.45, 7) is 12.4. The molecule has 0 aliphatic rings. The van der Waals surface area contributed by atoms with Gasteiger partial charge in [-0.1, -0.05) is 50.6 Å². The number of likely N-dealkylation sites (N-methyl/N-ethyl adjacent to an activating group) is 1. The molecule has 1 aromatic rings. The highest BCUT2D eigenvalue weighted by Gasteiger charge is 2.25. The number of nitrogens with one attached hydrogen (secondary N) is 1. The average Bonchev–Trinajstić information content (AvgIpc) is 2.63. The lowest BCUT2D eigenvalue weighted by Crippen LogP contribution is -2.27. The lowest BCUT2D eigenvalue weighted by molar-refractivity contribution is 0.288. The van der Waals surface area contributed by atoms with Crippen molar-refractivity contribution in [1.82, 2.24) is 10.2 Å². The zero-order chi connectivity index (χ0) is 21.0. The second-order valence-corrected chi connectivity index (χ2v) is 6.41. The van der Waals surface area contributed by atoms with Gasteiger partial charge in [-0.3, -0.25) is 4.90 Å². The van der Waals surface area contributed by atoms with Crippen LogP contribution in [0.15, 0.2) is 47.7 Å². The van der Waals surface area contributed by atoms with Crippen LogP contribution in [0.4, 0.5) is 4.39 Å². The summed E-state index contributed by atoms with van der Waals surface area (Å²) in [5.74, 6) is -0.383. The number of nitrogens with zero attached hydrogens (tertiary/aromatic N) is 1. The number of benzene rings is 1. The van der Waals surface area contributed by atoms with E-state index in [0.29, 0.717) is 17.7 Å². The highest BCUT2D eigenvalue weighted by atomic mass is 19.1. The van der Waals surface area contributed by atoms with E-state index in [1.54, 1.807) is 13.0 Å². The van der Waals surface area contributed by atoms with Crippen LogP contribution >= 0.6 is 0 Å². The Morgan fingerprint density at radius 3 is 2.44 bits per heavy atom. The second kappa shape index (κ2) is 13.2. The maximum atomic E-state index is 14.7. The number of hydrogen-bond acceptors (Lipinski definition) is 3. The van der Waals surface area contributed by atoms with Crippen LogP contribution in [0.2, 0.25) is 0 Å². The number of phenols is 1. The average molecular weight is 377 g/mol. The predicted octanol–water partition coefficient (Wildman–Crippen LogP) is 5.87. The number of allylic oxidation sites excluding steroid dienone is 4. The molecule has 0 aliphatic heterocycles. The minimum Gasteiger partial charge on any atom is -0.507 e. The minimum absolute atomic E-state index is 0.00381. The van der Waals surface area contributed by atoms with Crippen LogP contribution in [0.3, 0.4) is 0 Å². The van der Waals surface area contributed by atoms with Gasteiger partial charge in [-0.15, -0.1) is 0 Å². The molecule has 0 saturated heterocycles. The van der Waals surface area contributed by atoms with Crippen molar-refractivity contribution in [3.8, 4) is 5.75 Å². The summed E-state index contributed by atoms with van der Waals surface area (Å²) in [5.41, 5.74) is 3.05. The molecule has 0 heterocycles. The molecule has 0 radical (unpaired) electrons. The highest BCUT2D eigenvalue weighted by Crippen LogP contribution is 2.36. The van der Waals surface area contributed by atoms with Gasteiger partial charge in [0, 0.05) is 19.3 Å². The molecule has 3 nitrogen and oxygen atoms in total. The van der Waals surface area contributed by atoms with E-state index in [0.717, 1.165) is 17.7 Å². The van der Waals surface area contributed by atoms with E-state index >= 15 is 0 Å². The van der Waals surface area contributed by atoms with Crippen molar-refractivity contribution < 1.29 is 9.50 Å². The molecule has 0 saturated carbocycles. The Morgan fingerprint density at radius 2 is 1.93 bits per heavy atom. The smallest absolute Gasteiger partial charge is 0.132 e. The largest absolute Gasteiger partial charge is 0.507 e. The van der Waals surface area contributed by atoms with Gasteiger partial charge >= 0.3 is 0 Å². The van der Waals surface area contributed by atoms with Crippen LogP contribution in [0.25, 0.3) is 0 Å². The van der Waals surface area contributed by atoms with Crippen LogP contribution in [0, 0.1) is 12.7 Å². The number of halogens is 1. The van der Waals surface area contributed by atoms with Gasteiger partial charge in [-0.05, 0) is 51.9 Å². The molecule has 1 aromatic carbocycles. The first kappa shape index (κ1) is 24.9. The van der Waals surface area contributed by atoms with Gasteiger partial charge in [0.15, 0.2) is 0 Å². The van der Waals surface area contributed by atoms with Gasteiger partial charge < -0.3 is 10.4 Å². The van der Waals surface area contributed by atoms with Gasteiger partial charge in [-0.25, -0.2) is 4.39 Å². The Balaban J connectivity index is 0.00000326. The number of rotatable bonds is 8. The number of aromatic hydroxyl groups is 1. The standard InChI is InChI=1S/C21H31FN2O.C2H6/c1-7-8-9-10-16(3)21(24(6)12-11-17(4)23-5)20-18(22)13-15(2)14-19(20)25;1-2/h8-11,13-14,21,23,25H,7,12H2,1-6H3;1-2H3/b9-8-,16-10+,17-11+;. The van der Waals surface area contributed by atoms with Crippen molar-refractivity contribution >= 4 is 0 Å². The maximum absolute atomic E-state index is 14.7. The normalized spacial score (nSPS) is 13.6. The monoisotopic (exact) mass is 376 g/mol. The summed E-state index contributed by atoms with van der Waals surface area (Å²) in [5, 5.41) is 13.5. The van der Waals surface area contributed by atoms with E-state index < -0.39 is 0 Å². The molecule has 0 aromatic heterocycles. The van der Waals surface area contributed by atoms with Crippen molar-refractivity contribution in [1.29, 1.82) is 0 Å². The Kier molecular flexibility index (Phi) is 12.1. The first-order valence-corrected chi connectivity index (χ1v) is 9.68. The molecular weight excluding hydrogens is 339 g/mol. The summed E-state index contributed by atoms with van der Waals surface area (Å²) in [7, 11) is 3.80. The first-order chi connectivity index (χ1) is 12.8. The molecular formula is C23H37FN2O. The van der Waals surface area contributed by atoms with E-state index in [1.807, 2.05) is 64.9 Å². The summed E-state index contributed by atoms with van der Waals surface area (Å²) in [6, 6.07) is 2.74. The molecule has 0 spiro atoms. The quantitative estimate of drug-likeness (QED) is 0.557. The summed E-state index contributed by atoms with van der Waals surface area (Å²) in [6.07, 6.45) is 9.01. The van der Waals surface area contributed by atoms with Gasteiger partial charge in [0.05, 0.1) is 11.6 Å². The fourth-order valence-electron chi connectivity index (χ4n) is 2.74. The highest BCUT2D eigenvalue weighted by molar-refractivity contribution is 5.43. The molecule has 152 valence electrons. The topological polar surface area (TPSA) is 35.5 Å². The van der Waals surface area contributed by atoms with Crippen molar-refractivity contribution in [3.63, 3.8) is 0 Å². The van der Waals surface area contributed by atoms with Crippen molar-refractivity contribution in [2.24, 2.45) is 0 Å². The van der Waals surface area contributed by atoms with Crippen LogP contribution in [-0.4, -0.2) is 30.6 Å². The number of phenolic OH excluding ortho intramolecular Hbond substituents is 1. The minimum atomic E-state index is -0.379. The molecule has 2 N–H and O–H groups in total. The fourth-order valence-corrected chi connectivity index (χ4v) is 2.74. The second-order valence-electron chi connectivity index (χ2n) is 6.41. The fraction of sp³-hybridized carbons (Fsp3) is 0.478. The van der Waals surface area contributed by atoms with Crippen LogP contribution in [0.5, 0.6) is 5.75 Å². The Morgan fingerprint density at radius 1 is 1.30 bits per heavy atom. The van der Waals surface area contributed by atoms with Crippen LogP contribution in [-0.2, 0) is 0 Å². The van der Waals surface area contributed by atoms with E-state index in [9.17, 15) is 9.50 Å². The predicted molar refractivity (Wildman–Crippen MR) is 116 cm³/mol. The molecule has 1 rings (SSSR count). The summed E-state index contributed by atoms with van der Waals surface area (Å²) < 4.78 is 14.7. The molecule has 0 amide bonds. The van der Waals surface area contributed by atoms with E-state index in [2.05, 4.69) is 18.3 Å².